The Labute approximate surface area is 215 Å². The summed E-state index contributed by atoms with van der Waals surface area (Å²) in [5.74, 6) is 1.80. The standard InChI is InChI=1S/C27H33N7O3/c1-27(2,3)34-25(29-30-31-34)24(33-13-11-32(12-14-33)19-9-7-6-8-10-19)20-15-18-16-22(36-4)23(37-5)17-21(18)28-26(20)35/h6-10,15-17,24H,11-14H2,1-5H3,(H,28,35)/t24-/m0/s1. The molecule has 194 valence electrons. The highest BCUT2D eigenvalue weighted by Gasteiger charge is 2.35. The lowest BCUT2D eigenvalue weighted by Crippen LogP contribution is -2.49. The lowest BCUT2D eigenvalue weighted by Gasteiger charge is -2.40. The zero-order chi connectivity index (χ0) is 26.2. The zero-order valence-electron chi connectivity index (χ0n) is 21.9. The van der Waals surface area contributed by atoms with E-state index in [1.807, 2.05) is 22.9 Å². The van der Waals surface area contributed by atoms with Crippen molar-refractivity contribution in [2.24, 2.45) is 0 Å². The fraction of sp³-hybridized carbons (Fsp3) is 0.407. The number of aromatic nitrogens is 5. The number of rotatable bonds is 6. The molecule has 4 aromatic rings. The number of pyridine rings is 1. The molecular weight excluding hydrogens is 470 g/mol. The van der Waals surface area contributed by atoms with Crippen LogP contribution in [-0.2, 0) is 5.54 Å². The number of methoxy groups -OCH3 is 2. The fourth-order valence-electron chi connectivity index (χ4n) is 4.97. The van der Waals surface area contributed by atoms with Gasteiger partial charge in [0.1, 0.15) is 6.04 Å². The van der Waals surface area contributed by atoms with Gasteiger partial charge in [-0.2, -0.15) is 0 Å². The second-order valence-electron chi connectivity index (χ2n) is 10.2. The van der Waals surface area contributed by atoms with Gasteiger partial charge in [-0.1, -0.05) is 18.2 Å². The SMILES string of the molecule is COc1cc2cc([C@@H](c3nnnn3C(C)(C)C)N3CCN(c4ccccc4)CC3)c(=O)[nH]c2cc1OC. The number of aromatic amines is 1. The topological polar surface area (TPSA) is 101 Å². The van der Waals surface area contributed by atoms with Crippen LogP contribution in [0.4, 0.5) is 5.69 Å². The Balaban J connectivity index is 1.59. The summed E-state index contributed by atoms with van der Waals surface area (Å²) >= 11 is 0. The molecule has 1 N–H and O–H groups in total. The van der Waals surface area contributed by atoms with Gasteiger partial charge in [0.2, 0.25) is 0 Å². The summed E-state index contributed by atoms with van der Waals surface area (Å²) in [5.41, 5.74) is 1.92. The first kappa shape index (κ1) is 24.8. The van der Waals surface area contributed by atoms with Crippen LogP contribution in [0.15, 0.2) is 53.3 Å². The molecule has 0 saturated carbocycles. The molecule has 0 bridgehead atoms. The Morgan fingerprint density at radius 2 is 1.62 bits per heavy atom. The van der Waals surface area contributed by atoms with Gasteiger partial charge in [0, 0.05) is 48.9 Å². The van der Waals surface area contributed by atoms with Gasteiger partial charge in [-0.3, -0.25) is 9.69 Å². The molecule has 10 heteroatoms. The van der Waals surface area contributed by atoms with Crippen LogP contribution in [0.5, 0.6) is 11.5 Å². The number of hydrogen-bond acceptors (Lipinski definition) is 8. The van der Waals surface area contributed by atoms with E-state index in [1.165, 1.54) is 5.69 Å². The molecule has 2 aromatic carbocycles. The van der Waals surface area contributed by atoms with Crippen molar-refractivity contribution in [2.75, 3.05) is 45.3 Å². The summed E-state index contributed by atoms with van der Waals surface area (Å²) < 4.78 is 12.8. The zero-order valence-corrected chi connectivity index (χ0v) is 21.9. The maximum atomic E-state index is 13.6. The van der Waals surface area contributed by atoms with Crippen LogP contribution < -0.4 is 19.9 Å². The number of H-pyrrole nitrogens is 1. The predicted molar refractivity (Wildman–Crippen MR) is 143 cm³/mol. The van der Waals surface area contributed by atoms with Gasteiger partial charge in [-0.05, 0) is 55.5 Å². The Kier molecular flexibility index (Phi) is 6.59. The number of nitrogens with one attached hydrogen (secondary N) is 1. The molecule has 0 aliphatic carbocycles. The average Bonchev–Trinajstić information content (AvgIpc) is 3.40. The van der Waals surface area contributed by atoms with Gasteiger partial charge >= 0.3 is 0 Å². The van der Waals surface area contributed by atoms with Crippen molar-refractivity contribution < 1.29 is 9.47 Å². The second kappa shape index (κ2) is 9.85. The molecule has 1 atom stereocenters. The lowest BCUT2D eigenvalue weighted by molar-refractivity contribution is 0.190. The first-order valence-electron chi connectivity index (χ1n) is 12.4. The molecule has 1 saturated heterocycles. The minimum Gasteiger partial charge on any atom is -0.493 e. The number of hydrogen-bond donors (Lipinski definition) is 1. The van der Waals surface area contributed by atoms with Crippen LogP contribution in [0.1, 0.15) is 38.2 Å². The van der Waals surface area contributed by atoms with E-state index in [9.17, 15) is 4.79 Å². The fourth-order valence-corrected chi connectivity index (χ4v) is 4.97. The molecule has 0 unspecified atom stereocenters. The van der Waals surface area contributed by atoms with Gasteiger partial charge in [-0.15, -0.1) is 5.10 Å². The van der Waals surface area contributed by atoms with E-state index in [0.717, 1.165) is 31.6 Å². The van der Waals surface area contributed by atoms with E-state index in [-0.39, 0.29) is 11.1 Å². The molecule has 0 spiro atoms. The molecule has 1 aliphatic rings. The molecule has 1 aliphatic heterocycles. The molecular formula is C27H33N7O3. The highest BCUT2D eigenvalue weighted by molar-refractivity contribution is 5.83. The summed E-state index contributed by atoms with van der Waals surface area (Å²) in [6.07, 6.45) is 0. The summed E-state index contributed by atoms with van der Waals surface area (Å²) in [6, 6.07) is 15.6. The predicted octanol–water partition coefficient (Wildman–Crippen LogP) is 3.20. The van der Waals surface area contributed by atoms with E-state index in [2.05, 4.69) is 75.3 Å². The number of para-hydroxylation sites is 1. The molecule has 1 fully saturated rings. The van der Waals surface area contributed by atoms with Gasteiger partial charge in [0.25, 0.3) is 5.56 Å². The van der Waals surface area contributed by atoms with E-state index < -0.39 is 6.04 Å². The summed E-state index contributed by atoms with van der Waals surface area (Å²) in [5, 5.41) is 13.6. The van der Waals surface area contributed by atoms with Gasteiger partial charge in [-0.25, -0.2) is 4.68 Å². The third-order valence-corrected chi connectivity index (χ3v) is 6.85. The smallest absolute Gasteiger partial charge is 0.253 e. The maximum absolute atomic E-state index is 13.6. The van der Waals surface area contributed by atoms with Crippen molar-refractivity contribution in [1.82, 2.24) is 30.1 Å². The van der Waals surface area contributed by atoms with Crippen molar-refractivity contribution in [1.29, 1.82) is 0 Å². The van der Waals surface area contributed by atoms with E-state index in [1.54, 1.807) is 20.3 Å². The first-order chi connectivity index (χ1) is 17.8. The molecule has 3 heterocycles. The van der Waals surface area contributed by atoms with E-state index >= 15 is 0 Å². The van der Waals surface area contributed by atoms with Crippen LogP contribution in [-0.4, -0.2) is 70.5 Å². The molecule has 37 heavy (non-hydrogen) atoms. The highest BCUT2D eigenvalue weighted by Crippen LogP contribution is 2.34. The number of anilines is 1. The monoisotopic (exact) mass is 503 g/mol. The minimum absolute atomic E-state index is 0.182. The highest BCUT2D eigenvalue weighted by atomic mass is 16.5. The number of fused-ring (bicyclic) bond motifs is 1. The number of ether oxygens (including phenoxy) is 2. The molecule has 5 rings (SSSR count). The largest absolute Gasteiger partial charge is 0.493 e. The number of nitrogens with zero attached hydrogens (tertiary/aromatic N) is 6. The van der Waals surface area contributed by atoms with Crippen molar-refractivity contribution in [3.05, 3.63) is 70.3 Å². The number of piperazine rings is 1. The van der Waals surface area contributed by atoms with E-state index in [0.29, 0.717) is 28.4 Å². The Bertz CT molecular complexity index is 1430. The normalized spacial score (nSPS) is 15.6. The van der Waals surface area contributed by atoms with Crippen LogP contribution in [0, 0.1) is 0 Å². The second-order valence-corrected chi connectivity index (χ2v) is 10.2. The Hall–Kier alpha value is -3.92. The number of benzene rings is 2. The lowest BCUT2D eigenvalue weighted by atomic mass is 10.0. The van der Waals surface area contributed by atoms with Crippen LogP contribution >= 0.6 is 0 Å². The Morgan fingerprint density at radius 1 is 0.946 bits per heavy atom. The van der Waals surface area contributed by atoms with Crippen molar-refractivity contribution in [3.63, 3.8) is 0 Å². The molecule has 0 amide bonds. The summed E-state index contributed by atoms with van der Waals surface area (Å²) in [7, 11) is 3.18. The third kappa shape index (κ3) is 4.76. The van der Waals surface area contributed by atoms with E-state index in [4.69, 9.17) is 9.47 Å². The number of tetrazole rings is 1. The summed E-state index contributed by atoms with van der Waals surface area (Å²) in [4.78, 5) is 21.3. The first-order valence-corrected chi connectivity index (χ1v) is 12.4. The van der Waals surface area contributed by atoms with Crippen molar-refractivity contribution in [2.45, 2.75) is 32.4 Å². The van der Waals surface area contributed by atoms with Crippen LogP contribution in [0.3, 0.4) is 0 Å². The quantitative estimate of drug-likeness (QED) is 0.428. The van der Waals surface area contributed by atoms with Gasteiger partial charge < -0.3 is 19.4 Å². The summed E-state index contributed by atoms with van der Waals surface area (Å²) in [6.45, 7) is 9.32. The van der Waals surface area contributed by atoms with Crippen LogP contribution in [0.2, 0.25) is 0 Å². The minimum atomic E-state index is -0.423. The van der Waals surface area contributed by atoms with Crippen molar-refractivity contribution >= 4 is 16.6 Å². The average molecular weight is 504 g/mol. The van der Waals surface area contributed by atoms with Gasteiger partial charge in [0.05, 0.1) is 25.3 Å². The van der Waals surface area contributed by atoms with Crippen LogP contribution in [0.25, 0.3) is 10.9 Å². The molecule has 0 radical (unpaired) electrons. The Morgan fingerprint density at radius 3 is 2.27 bits per heavy atom. The van der Waals surface area contributed by atoms with Crippen molar-refractivity contribution in [3.8, 4) is 11.5 Å². The maximum Gasteiger partial charge on any atom is 0.253 e. The molecule has 2 aromatic heterocycles. The third-order valence-electron chi connectivity index (χ3n) is 6.85. The van der Waals surface area contributed by atoms with Gasteiger partial charge in [0.15, 0.2) is 17.3 Å². The molecule has 10 nitrogen and oxygen atoms in total.